The molecule has 0 radical (unpaired) electrons. The largest absolute Gasteiger partial charge is 0.550 e. The number of carboxylic acids is 1. The highest BCUT2D eigenvalue weighted by Gasteiger charge is 2.26. The zero-order valence-corrected chi connectivity index (χ0v) is 11.1. The Morgan fingerprint density at radius 2 is 1.69 bits per heavy atom. The summed E-state index contributed by atoms with van der Waals surface area (Å²) in [5.41, 5.74) is 0. The Morgan fingerprint density at radius 1 is 1.19 bits per heavy atom. The van der Waals surface area contributed by atoms with E-state index in [1.165, 1.54) is 62.8 Å². The van der Waals surface area contributed by atoms with Crippen molar-refractivity contribution in [2.75, 3.05) is 26.2 Å². The molecule has 1 fully saturated rings. The van der Waals surface area contributed by atoms with Crippen LogP contribution >= 0.6 is 0 Å². The standard InChI is InChI=1S/C11H24N.C2H4O2/c1-3-5-9-12(4-2)10-7-6-8-11-12;1-2(3)4/h3-11H2,1-2H3;1H3,(H,3,4)/q+1;/p-1. The van der Waals surface area contributed by atoms with E-state index in [9.17, 15) is 0 Å². The van der Waals surface area contributed by atoms with E-state index < -0.39 is 5.97 Å². The molecule has 0 bridgehead atoms. The fourth-order valence-corrected chi connectivity index (χ4v) is 2.37. The molecule has 0 aromatic heterocycles. The van der Waals surface area contributed by atoms with Gasteiger partial charge in [-0.1, -0.05) is 13.3 Å². The number of carbonyl (C=O) groups is 1. The molecule has 1 aliphatic rings. The topological polar surface area (TPSA) is 40.1 Å². The van der Waals surface area contributed by atoms with Gasteiger partial charge in [-0.2, -0.15) is 0 Å². The van der Waals surface area contributed by atoms with Crippen molar-refractivity contribution >= 4 is 5.97 Å². The van der Waals surface area contributed by atoms with Gasteiger partial charge in [0.15, 0.2) is 0 Å². The van der Waals surface area contributed by atoms with Gasteiger partial charge in [-0.15, -0.1) is 0 Å². The maximum atomic E-state index is 8.89. The van der Waals surface area contributed by atoms with Crippen LogP contribution in [-0.4, -0.2) is 36.6 Å². The molecule has 1 rings (SSSR count). The van der Waals surface area contributed by atoms with Gasteiger partial charge in [-0.25, -0.2) is 0 Å². The first-order valence-corrected chi connectivity index (χ1v) is 6.59. The smallest absolute Gasteiger partial charge is 0.0786 e. The Bertz CT molecular complexity index is 182. The monoisotopic (exact) mass is 229 g/mol. The minimum absolute atomic E-state index is 0.972. The van der Waals surface area contributed by atoms with E-state index in [4.69, 9.17) is 9.90 Å². The summed E-state index contributed by atoms with van der Waals surface area (Å²) in [5, 5.41) is 8.89. The quantitative estimate of drug-likeness (QED) is 0.686. The molecule has 3 heteroatoms. The van der Waals surface area contributed by atoms with Crippen molar-refractivity contribution in [1.29, 1.82) is 0 Å². The van der Waals surface area contributed by atoms with Crippen molar-refractivity contribution in [2.45, 2.75) is 52.9 Å². The molecule has 3 nitrogen and oxygen atoms in total. The summed E-state index contributed by atoms with van der Waals surface area (Å²) >= 11 is 0. The Hall–Kier alpha value is -0.570. The lowest BCUT2D eigenvalue weighted by molar-refractivity contribution is -0.931. The summed E-state index contributed by atoms with van der Waals surface area (Å²) in [4.78, 5) is 8.89. The normalized spacial score (nSPS) is 18.4. The number of nitrogens with zero attached hydrogens (tertiary/aromatic N) is 1. The summed E-state index contributed by atoms with van der Waals surface area (Å²) in [6.07, 6.45) is 7.20. The molecule has 0 aromatic carbocycles. The van der Waals surface area contributed by atoms with Crippen LogP contribution in [0.4, 0.5) is 0 Å². The molecule has 0 spiro atoms. The number of unbranched alkanes of at least 4 members (excludes halogenated alkanes) is 1. The fourth-order valence-electron chi connectivity index (χ4n) is 2.37. The highest BCUT2D eigenvalue weighted by atomic mass is 16.4. The number of rotatable bonds is 4. The molecular weight excluding hydrogens is 202 g/mol. The van der Waals surface area contributed by atoms with Gasteiger partial charge in [-0.05, 0) is 39.5 Å². The predicted octanol–water partition coefficient (Wildman–Crippen LogP) is 1.56. The van der Waals surface area contributed by atoms with Gasteiger partial charge in [0, 0.05) is 5.97 Å². The highest BCUT2D eigenvalue weighted by molar-refractivity contribution is 5.60. The van der Waals surface area contributed by atoms with Crippen LogP contribution in [0.5, 0.6) is 0 Å². The van der Waals surface area contributed by atoms with E-state index in [1.54, 1.807) is 0 Å². The van der Waals surface area contributed by atoms with Gasteiger partial charge in [0.1, 0.15) is 0 Å². The maximum absolute atomic E-state index is 8.89. The summed E-state index contributed by atoms with van der Waals surface area (Å²) in [6.45, 7) is 11.3. The first kappa shape index (κ1) is 15.4. The molecule has 0 amide bonds. The van der Waals surface area contributed by atoms with Crippen LogP contribution in [0.2, 0.25) is 0 Å². The lowest BCUT2D eigenvalue weighted by Gasteiger charge is -2.40. The zero-order chi connectivity index (χ0) is 12.4. The molecule has 0 unspecified atom stereocenters. The SMILES string of the molecule is CC(=O)[O-].CCCC[N+]1(CC)CCCCC1. The first-order chi connectivity index (χ1) is 7.56. The minimum Gasteiger partial charge on any atom is -0.550 e. The van der Waals surface area contributed by atoms with E-state index in [-0.39, 0.29) is 0 Å². The molecule has 0 aliphatic carbocycles. The Morgan fingerprint density at radius 3 is 2.06 bits per heavy atom. The number of aliphatic carboxylic acids is 1. The van der Waals surface area contributed by atoms with Gasteiger partial charge < -0.3 is 14.4 Å². The maximum Gasteiger partial charge on any atom is 0.0786 e. The van der Waals surface area contributed by atoms with Crippen LogP contribution in [0.3, 0.4) is 0 Å². The average molecular weight is 229 g/mol. The number of hydrogen-bond acceptors (Lipinski definition) is 2. The van der Waals surface area contributed by atoms with Crippen LogP contribution in [0.15, 0.2) is 0 Å². The number of carbonyl (C=O) groups excluding carboxylic acids is 1. The van der Waals surface area contributed by atoms with Crippen LogP contribution in [0, 0.1) is 0 Å². The summed E-state index contributed by atoms with van der Waals surface area (Å²) in [6, 6.07) is 0. The molecule has 16 heavy (non-hydrogen) atoms. The summed E-state index contributed by atoms with van der Waals surface area (Å²) < 4.78 is 1.42. The predicted molar refractivity (Wildman–Crippen MR) is 64.8 cm³/mol. The van der Waals surface area contributed by atoms with E-state index >= 15 is 0 Å². The van der Waals surface area contributed by atoms with Crippen molar-refractivity contribution in [3.8, 4) is 0 Å². The number of piperidine rings is 1. The molecule has 0 atom stereocenters. The average Bonchev–Trinajstić information content (AvgIpc) is 2.27. The molecular formula is C13H27NO2. The van der Waals surface area contributed by atoms with Crippen molar-refractivity contribution in [2.24, 2.45) is 0 Å². The lowest BCUT2D eigenvalue weighted by Crippen LogP contribution is -2.51. The van der Waals surface area contributed by atoms with Crippen LogP contribution < -0.4 is 5.11 Å². The summed E-state index contributed by atoms with van der Waals surface area (Å²) in [5.74, 6) is -1.08. The molecule has 0 N–H and O–H groups in total. The second-order valence-electron chi connectivity index (χ2n) is 4.73. The third kappa shape index (κ3) is 6.83. The van der Waals surface area contributed by atoms with E-state index in [0.29, 0.717) is 0 Å². The highest BCUT2D eigenvalue weighted by Crippen LogP contribution is 2.19. The Balaban J connectivity index is 0.000000487. The Labute approximate surface area is 100 Å². The molecule has 0 saturated carbocycles. The second kappa shape index (κ2) is 8.57. The van der Waals surface area contributed by atoms with Gasteiger partial charge >= 0.3 is 0 Å². The van der Waals surface area contributed by atoms with Gasteiger partial charge in [0.2, 0.25) is 0 Å². The van der Waals surface area contributed by atoms with E-state index in [1.807, 2.05) is 0 Å². The third-order valence-electron chi connectivity index (χ3n) is 3.42. The van der Waals surface area contributed by atoms with E-state index in [0.717, 1.165) is 6.92 Å². The number of likely N-dealkylation sites (tertiary alicyclic amines) is 1. The fraction of sp³-hybridized carbons (Fsp3) is 0.923. The lowest BCUT2D eigenvalue weighted by atomic mass is 10.1. The first-order valence-electron chi connectivity index (χ1n) is 6.59. The number of quaternary nitrogens is 1. The Kier molecular flexibility index (Phi) is 8.26. The number of carboxylic acid groups (broad SMARTS) is 1. The van der Waals surface area contributed by atoms with Crippen molar-refractivity contribution in [1.82, 2.24) is 0 Å². The van der Waals surface area contributed by atoms with Gasteiger partial charge in [0.25, 0.3) is 0 Å². The van der Waals surface area contributed by atoms with Crippen molar-refractivity contribution in [3.63, 3.8) is 0 Å². The van der Waals surface area contributed by atoms with Crippen molar-refractivity contribution in [3.05, 3.63) is 0 Å². The van der Waals surface area contributed by atoms with Gasteiger partial charge in [-0.3, -0.25) is 0 Å². The molecule has 1 saturated heterocycles. The molecule has 0 aromatic rings. The zero-order valence-electron chi connectivity index (χ0n) is 11.1. The molecule has 1 heterocycles. The second-order valence-corrected chi connectivity index (χ2v) is 4.73. The van der Waals surface area contributed by atoms with Crippen LogP contribution in [0.25, 0.3) is 0 Å². The van der Waals surface area contributed by atoms with Crippen molar-refractivity contribution < 1.29 is 14.4 Å². The van der Waals surface area contributed by atoms with Gasteiger partial charge in [0.05, 0.1) is 26.2 Å². The van der Waals surface area contributed by atoms with Crippen LogP contribution in [-0.2, 0) is 4.79 Å². The third-order valence-corrected chi connectivity index (χ3v) is 3.42. The minimum atomic E-state index is -1.08. The molecule has 1 aliphatic heterocycles. The van der Waals surface area contributed by atoms with Crippen LogP contribution in [0.1, 0.15) is 52.9 Å². The van der Waals surface area contributed by atoms with E-state index in [2.05, 4.69) is 13.8 Å². The number of hydrogen-bond donors (Lipinski definition) is 0. The summed E-state index contributed by atoms with van der Waals surface area (Å²) in [7, 11) is 0. The molecule has 96 valence electrons.